The molecule has 108 valence electrons. The van der Waals surface area contributed by atoms with Gasteiger partial charge in [-0.1, -0.05) is 0 Å². The Bertz CT molecular complexity index is 561. The van der Waals surface area contributed by atoms with Crippen LogP contribution in [-0.2, 0) is 11.3 Å². The van der Waals surface area contributed by atoms with Crippen molar-refractivity contribution < 1.29 is 4.74 Å². The molecule has 0 N–H and O–H groups in total. The smallest absolute Gasteiger partial charge is 0.148 e. The van der Waals surface area contributed by atoms with Gasteiger partial charge in [-0.3, -0.25) is 4.98 Å². The molecule has 0 amide bonds. The normalized spacial score (nSPS) is 12.4. The van der Waals surface area contributed by atoms with Crippen molar-refractivity contribution in [2.24, 2.45) is 0 Å². The predicted octanol–water partition coefficient (Wildman–Crippen LogP) is 3.00. The van der Waals surface area contributed by atoms with Crippen molar-refractivity contribution in [2.75, 3.05) is 25.3 Å². The Kier molecular flexibility index (Phi) is 5.33. The lowest BCUT2D eigenvalue weighted by Gasteiger charge is -2.16. The summed E-state index contributed by atoms with van der Waals surface area (Å²) in [5, 5.41) is 3.98. The van der Waals surface area contributed by atoms with E-state index in [1.54, 1.807) is 42.6 Å². The summed E-state index contributed by atoms with van der Waals surface area (Å²) in [4.78, 5) is 15.4. The van der Waals surface area contributed by atoms with Gasteiger partial charge >= 0.3 is 0 Å². The largest absolute Gasteiger partial charge is 0.375 e. The van der Waals surface area contributed by atoms with E-state index in [4.69, 9.17) is 4.74 Å². The maximum atomic E-state index is 5.28. The van der Waals surface area contributed by atoms with Gasteiger partial charge in [-0.05, 0) is 13.2 Å². The zero-order chi connectivity index (χ0) is 14.5. The van der Waals surface area contributed by atoms with Crippen LogP contribution in [0, 0.1) is 0 Å². The van der Waals surface area contributed by atoms with Crippen LogP contribution in [0.2, 0.25) is 0 Å². The van der Waals surface area contributed by atoms with E-state index in [1.165, 1.54) is 0 Å². The average Bonchev–Trinajstić information content (AvgIpc) is 2.95. The highest BCUT2D eigenvalue weighted by Crippen LogP contribution is 2.22. The molecule has 5 nitrogen and oxygen atoms in total. The number of anilines is 1. The third kappa shape index (κ3) is 3.68. The maximum Gasteiger partial charge on any atom is 0.148 e. The number of methoxy groups -OCH3 is 1. The topological polar surface area (TPSA) is 51.1 Å². The molecule has 0 bridgehead atoms. The highest BCUT2D eigenvalue weighted by atomic mass is 32.2. The maximum absolute atomic E-state index is 5.28. The van der Waals surface area contributed by atoms with E-state index >= 15 is 0 Å². The molecule has 2 heterocycles. The van der Waals surface area contributed by atoms with Crippen LogP contribution >= 0.6 is 23.1 Å². The number of hydrogen-bond donors (Lipinski definition) is 0. The Hall–Kier alpha value is -1.18. The summed E-state index contributed by atoms with van der Waals surface area (Å²) >= 11 is 3.21. The zero-order valence-electron chi connectivity index (χ0n) is 12.0. The molecule has 7 heteroatoms. The second kappa shape index (κ2) is 7.01. The van der Waals surface area contributed by atoms with Gasteiger partial charge in [0.2, 0.25) is 0 Å². The number of thioether (sulfide) groups is 1. The molecule has 2 aromatic heterocycles. The minimum absolute atomic E-state index is 0.0404. The van der Waals surface area contributed by atoms with Crippen molar-refractivity contribution in [3.05, 3.63) is 28.5 Å². The van der Waals surface area contributed by atoms with Crippen molar-refractivity contribution in [3.8, 4) is 0 Å². The van der Waals surface area contributed by atoms with Crippen molar-refractivity contribution in [1.82, 2.24) is 15.0 Å². The molecule has 0 spiro atoms. The third-order valence-corrected chi connectivity index (χ3v) is 4.54. The predicted molar refractivity (Wildman–Crippen MR) is 83.5 cm³/mol. The molecule has 0 saturated heterocycles. The van der Waals surface area contributed by atoms with Crippen LogP contribution in [0.5, 0.6) is 0 Å². The summed E-state index contributed by atoms with van der Waals surface area (Å²) < 4.78 is 5.28. The van der Waals surface area contributed by atoms with E-state index in [-0.39, 0.29) is 6.10 Å². The summed E-state index contributed by atoms with van der Waals surface area (Å²) in [5.74, 6) is 0.853. The van der Waals surface area contributed by atoms with Crippen molar-refractivity contribution in [3.63, 3.8) is 0 Å². The van der Waals surface area contributed by atoms with Crippen LogP contribution in [0.1, 0.15) is 23.7 Å². The lowest BCUT2D eigenvalue weighted by atomic mass is 10.4. The first-order valence-electron chi connectivity index (χ1n) is 6.18. The van der Waals surface area contributed by atoms with Gasteiger partial charge in [-0.25, -0.2) is 9.97 Å². The molecule has 0 aliphatic carbocycles. The number of hydrogen-bond acceptors (Lipinski definition) is 7. The molecule has 2 aromatic rings. The molecule has 0 aromatic carbocycles. The fourth-order valence-corrected chi connectivity index (χ4v) is 2.82. The van der Waals surface area contributed by atoms with Crippen molar-refractivity contribution in [2.45, 2.75) is 24.6 Å². The van der Waals surface area contributed by atoms with Gasteiger partial charge in [0.25, 0.3) is 0 Å². The molecule has 1 unspecified atom stereocenters. The van der Waals surface area contributed by atoms with Crippen LogP contribution in [0.4, 0.5) is 5.82 Å². The summed E-state index contributed by atoms with van der Waals surface area (Å²) in [5.41, 5.74) is 1.02. The number of rotatable bonds is 6. The number of thiazole rings is 1. The Morgan fingerprint density at radius 2 is 2.20 bits per heavy atom. The first-order chi connectivity index (χ1) is 9.63. The summed E-state index contributed by atoms with van der Waals surface area (Å²) in [6.07, 6.45) is 5.57. The van der Waals surface area contributed by atoms with Crippen LogP contribution < -0.4 is 4.90 Å². The third-order valence-electron chi connectivity index (χ3n) is 2.87. The second-order valence-electron chi connectivity index (χ2n) is 4.33. The molecule has 0 aliphatic rings. The Morgan fingerprint density at radius 1 is 1.40 bits per heavy atom. The summed E-state index contributed by atoms with van der Waals surface area (Å²) in [7, 11) is 3.69. The van der Waals surface area contributed by atoms with Gasteiger partial charge in [0, 0.05) is 19.5 Å². The van der Waals surface area contributed by atoms with Crippen LogP contribution in [0.15, 0.2) is 22.8 Å². The van der Waals surface area contributed by atoms with Gasteiger partial charge < -0.3 is 9.64 Å². The zero-order valence-corrected chi connectivity index (χ0v) is 13.7. The molecule has 2 rings (SSSR count). The quantitative estimate of drug-likeness (QED) is 0.765. The Labute approximate surface area is 127 Å². The SMILES string of the molecule is COC(C)c1nc(CN(C)c2cncc(SC)n2)cs1. The average molecular weight is 310 g/mol. The van der Waals surface area contributed by atoms with E-state index in [0.717, 1.165) is 21.5 Å². The van der Waals surface area contributed by atoms with Crippen LogP contribution in [-0.4, -0.2) is 35.4 Å². The fourth-order valence-electron chi connectivity index (χ4n) is 1.63. The van der Waals surface area contributed by atoms with E-state index in [9.17, 15) is 0 Å². The lowest BCUT2D eigenvalue weighted by molar-refractivity contribution is 0.119. The first kappa shape index (κ1) is 15.2. The van der Waals surface area contributed by atoms with Gasteiger partial charge in [0.05, 0.1) is 24.6 Å². The van der Waals surface area contributed by atoms with Gasteiger partial charge in [0.15, 0.2) is 0 Å². The molecule has 0 radical (unpaired) electrons. The molecule has 1 atom stereocenters. The van der Waals surface area contributed by atoms with Gasteiger partial charge in [-0.15, -0.1) is 23.1 Å². The molecule has 0 saturated carbocycles. The second-order valence-corrected chi connectivity index (χ2v) is 6.05. The first-order valence-corrected chi connectivity index (χ1v) is 8.28. The van der Waals surface area contributed by atoms with E-state index in [2.05, 4.69) is 20.3 Å². The summed E-state index contributed by atoms with van der Waals surface area (Å²) in [6.45, 7) is 2.71. The molecular weight excluding hydrogens is 292 g/mol. The monoisotopic (exact) mass is 310 g/mol. The standard InChI is InChI=1S/C13H18N4OS2/c1-9(18-3)13-15-10(8-20-13)7-17(2)11-5-14-6-12(16-11)19-4/h5-6,8-9H,7H2,1-4H3. The van der Waals surface area contributed by atoms with Crippen LogP contribution in [0.3, 0.4) is 0 Å². The van der Waals surface area contributed by atoms with E-state index in [0.29, 0.717) is 6.54 Å². The van der Waals surface area contributed by atoms with Gasteiger partial charge in [0.1, 0.15) is 22.0 Å². The molecular formula is C13H18N4OS2. The minimum Gasteiger partial charge on any atom is -0.375 e. The lowest BCUT2D eigenvalue weighted by Crippen LogP contribution is -2.18. The summed E-state index contributed by atoms with van der Waals surface area (Å²) in [6, 6.07) is 0. The van der Waals surface area contributed by atoms with E-state index in [1.807, 2.05) is 25.1 Å². The number of nitrogens with zero attached hydrogens (tertiary/aromatic N) is 4. The van der Waals surface area contributed by atoms with E-state index < -0.39 is 0 Å². The molecule has 0 fully saturated rings. The van der Waals surface area contributed by atoms with Crippen molar-refractivity contribution in [1.29, 1.82) is 0 Å². The highest BCUT2D eigenvalue weighted by Gasteiger charge is 2.12. The minimum atomic E-state index is 0.0404. The highest BCUT2D eigenvalue weighted by molar-refractivity contribution is 7.98. The van der Waals surface area contributed by atoms with Gasteiger partial charge in [-0.2, -0.15) is 0 Å². The molecule has 0 aliphatic heterocycles. The Balaban J connectivity index is 2.07. The number of aromatic nitrogens is 3. The molecule has 20 heavy (non-hydrogen) atoms. The van der Waals surface area contributed by atoms with Crippen molar-refractivity contribution >= 4 is 28.9 Å². The Morgan fingerprint density at radius 3 is 2.90 bits per heavy atom. The van der Waals surface area contributed by atoms with Crippen LogP contribution in [0.25, 0.3) is 0 Å². The fraction of sp³-hybridized carbons (Fsp3) is 0.462. The number of ether oxygens (including phenoxy) is 1.